The molecule has 150 valence electrons. The van der Waals surface area contributed by atoms with Gasteiger partial charge in [-0.1, -0.05) is 12.1 Å². The monoisotopic (exact) mass is 395 g/mol. The number of amides is 3. The summed E-state index contributed by atoms with van der Waals surface area (Å²) in [5.41, 5.74) is 1.04. The summed E-state index contributed by atoms with van der Waals surface area (Å²) < 4.78 is 42.0. The minimum atomic E-state index is -4.26. The van der Waals surface area contributed by atoms with Gasteiger partial charge in [-0.3, -0.25) is 4.79 Å². The van der Waals surface area contributed by atoms with Crippen LogP contribution in [0.5, 0.6) is 0 Å². The maximum atomic E-state index is 12.4. The molecule has 0 atom stereocenters. The van der Waals surface area contributed by atoms with E-state index < -0.39 is 18.6 Å². The van der Waals surface area contributed by atoms with E-state index >= 15 is 0 Å². The molecule has 1 aliphatic rings. The molecule has 28 heavy (non-hydrogen) atoms. The van der Waals surface area contributed by atoms with E-state index in [1.165, 1.54) is 36.8 Å². The molecular weight excluding hydrogens is 375 g/mol. The third-order valence-electron chi connectivity index (χ3n) is 4.50. The first-order valence-electron chi connectivity index (χ1n) is 8.85. The first kappa shape index (κ1) is 19.8. The van der Waals surface area contributed by atoms with E-state index in [-0.39, 0.29) is 17.5 Å². The van der Waals surface area contributed by atoms with E-state index in [1.807, 2.05) is 0 Å². The van der Waals surface area contributed by atoms with Gasteiger partial charge in [-0.25, -0.2) is 4.79 Å². The third kappa shape index (κ3) is 5.51. The highest BCUT2D eigenvalue weighted by molar-refractivity contribution is 5.94. The maximum Gasteiger partial charge on any atom is 0.393 e. The minimum absolute atomic E-state index is 0.0853. The number of anilines is 1. The first-order valence-corrected chi connectivity index (χ1v) is 8.85. The van der Waals surface area contributed by atoms with Crippen molar-refractivity contribution >= 4 is 17.6 Å². The van der Waals surface area contributed by atoms with Gasteiger partial charge in [-0.05, 0) is 36.6 Å². The summed E-state index contributed by atoms with van der Waals surface area (Å²) in [4.78, 5) is 26.1. The number of hydrogen-bond donors (Lipinski definition) is 2. The zero-order valence-corrected chi connectivity index (χ0v) is 15.0. The van der Waals surface area contributed by atoms with Gasteiger partial charge < -0.3 is 20.0 Å². The Kier molecular flexibility index (Phi) is 5.91. The Morgan fingerprint density at radius 2 is 1.79 bits per heavy atom. The fourth-order valence-corrected chi connectivity index (χ4v) is 3.09. The normalized spacial score (nSPS) is 15.3. The molecule has 0 spiro atoms. The zero-order valence-electron chi connectivity index (χ0n) is 15.0. The average Bonchev–Trinajstić information content (AvgIpc) is 3.17. The lowest BCUT2D eigenvalue weighted by Crippen LogP contribution is -2.47. The summed E-state index contributed by atoms with van der Waals surface area (Å²) in [5, 5.41) is 5.44. The van der Waals surface area contributed by atoms with Gasteiger partial charge in [0.15, 0.2) is 0 Å². The number of furan rings is 1. The summed E-state index contributed by atoms with van der Waals surface area (Å²) in [6.45, 7) is 1.03. The van der Waals surface area contributed by atoms with Crippen LogP contribution in [0.1, 0.15) is 28.8 Å². The smallest absolute Gasteiger partial charge is 0.393 e. The molecule has 3 amide bonds. The van der Waals surface area contributed by atoms with Gasteiger partial charge in [0.25, 0.3) is 5.91 Å². The number of carbonyl (C=O) groups excluding carboxylic acids is 2. The SMILES string of the molecule is O=C(Nc1ccc(CC(F)(F)F)cc1)NC1CCN(C(=O)c2ccoc2)CC1. The van der Waals surface area contributed by atoms with Crippen LogP contribution in [0.2, 0.25) is 0 Å². The molecule has 0 bridgehead atoms. The van der Waals surface area contributed by atoms with Gasteiger partial charge in [0, 0.05) is 24.8 Å². The van der Waals surface area contributed by atoms with Crippen LogP contribution in [0.3, 0.4) is 0 Å². The molecule has 1 aliphatic heterocycles. The lowest BCUT2D eigenvalue weighted by molar-refractivity contribution is -0.127. The molecule has 1 aromatic carbocycles. The number of benzene rings is 1. The third-order valence-corrected chi connectivity index (χ3v) is 4.50. The number of halogens is 3. The molecule has 0 aliphatic carbocycles. The summed E-state index contributed by atoms with van der Waals surface area (Å²) >= 11 is 0. The number of nitrogens with zero attached hydrogens (tertiary/aromatic N) is 1. The maximum absolute atomic E-state index is 12.4. The van der Waals surface area contributed by atoms with Crippen LogP contribution in [-0.2, 0) is 6.42 Å². The molecule has 2 N–H and O–H groups in total. The van der Waals surface area contributed by atoms with E-state index in [1.54, 1.807) is 11.0 Å². The molecule has 6 nitrogen and oxygen atoms in total. The Morgan fingerprint density at radius 3 is 2.36 bits per heavy atom. The van der Waals surface area contributed by atoms with Crippen molar-refractivity contribution in [1.82, 2.24) is 10.2 Å². The molecule has 2 heterocycles. The molecule has 9 heteroatoms. The Bertz CT molecular complexity index is 796. The molecule has 1 saturated heterocycles. The molecule has 0 unspecified atom stereocenters. The number of alkyl halides is 3. The number of urea groups is 1. The minimum Gasteiger partial charge on any atom is -0.472 e. The summed E-state index contributed by atoms with van der Waals surface area (Å²) in [6, 6.07) is 6.65. The van der Waals surface area contributed by atoms with Crippen LogP contribution >= 0.6 is 0 Å². The number of carbonyl (C=O) groups is 2. The van der Waals surface area contributed by atoms with E-state index in [9.17, 15) is 22.8 Å². The van der Waals surface area contributed by atoms with Crippen molar-refractivity contribution < 1.29 is 27.2 Å². The van der Waals surface area contributed by atoms with E-state index in [0.29, 0.717) is 37.2 Å². The second-order valence-corrected chi connectivity index (χ2v) is 6.67. The fraction of sp³-hybridized carbons (Fsp3) is 0.368. The van der Waals surface area contributed by atoms with Crippen LogP contribution in [0.4, 0.5) is 23.7 Å². The second-order valence-electron chi connectivity index (χ2n) is 6.67. The van der Waals surface area contributed by atoms with Crippen LogP contribution < -0.4 is 10.6 Å². The Hall–Kier alpha value is -2.97. The van der Waals surface area contributed by atoms with Crippen molar-refractivity contribution in [1.29, 1.82) is 0 Å². The summed E-state index contributed by atoms with van der Waals surface area (Å²) in [5.74, 6) is -0.101. The fourth-order valence-electron chi connectivity index (χ4n) is 3.09. The lowest BCUT2D eigenvalue weighted by atomic mass is 10.0. The van der Waals surface area contributed by atoms with Crippen molar-refractivity contribution in [3.8, 4) is 0 Å². The highest BCUT2D eigenvalue weighted by atomic mass is 19.4. The molecule has 0 saturated carbocycles. The number of piperidine rings is 1. The summed E-state index contributed by atoms with van der Waals surface area (Å²) in [7, 11) is 0. The van der Waals surface area contributed by atoms with Gasteiger partial charge in [-0.2, -0.15) is 13.2 Å². The predicted molar refractivity (Wildman–Crippen MR) is 96.0 cm³/mol. The number of nitrogens with one attached hydrogen (secondary N) is 2. The molecule has 0 radical (unpaired) electrons. The Labute approximate surface area is 159 Å². The Balaban J connectivity index is 1.44. The molecule has 2 aromatic rings. The van der Waals surface area contributed by atoms with E-state index in [2.05, 4.69) is 10.6 Å². The largest absolute Gasteiger partial charge is 0.472 e. The van der Waals surface area contributed by atoms with Crippen molar-refractivity contribution in [3.05, 3.63) is 54.0 Å². The van der Waals surface area contributed by atoms with Crippen molar-refractivity contribution in [2.75, 3.05) is 18.4 Å². The Morgan fingerprint density at radius 1 is 1.11 bits per heavy atom. The van der Waals surface area contributed by atoms with Gasteiger partial charge in [0.2, 0.25) is 0 Å². The molecule has 1 aromatic heterocycles. The molecular formula is C19H20F3N3O3. The molecule has 1 fully saturated rings. The van der Waals surface area contributed by atoms with Crippen molar-refractivity contribution in [2.24, 2.45) is 0 Å². The van der Waals surface area contributed by atoms with Gasteiger partial charge in [0.1, 0.15) is 6.26 Å². The first-order chi connectivity index (χ1) is 13.3. The number of likely N-dealkylation sites (tertiary alicyclic amines) is 1. The second kappa shape index (κ2) is 8.37. The quantitative estimate of drug-likeness (QED) is 0.827. The highest BCUT2D eigenvalue weighted by Crippen LogP contribution is 2.22. The van der Waals surface area contributed by atoms with Crippen LogP contribution in [-0.4, -0.2) is 42.1 Å². The number of hydrogen-bond acceptors (Lipinski definition) is 3. The van der Waals surface area contributed by atoms with E-state index in [4.69, 9.17) is 4.42 Å². The van der Waals surface area contributed by atoms with E-state index in [0.717, 1.165) is 0 Å². The van der Waals surface area contributed by atoms with Crippen molar-refractivity contribution in [2.45, 2.75) is 31.5 Å². The predicted octanol–water partition coefficient (Wildman–Crippen LogP) is 3.81. The van der Waals surface area contributed by atoms with Crippen LogP contribution in [0, 0.1) is 0 Å². The number of rotatable bonds is 4. The van der Waals surface area contributed by atoms with Gasteiger partial charge in [-0.15, -0.1) is 0 Å². The topological polar surface area (TPSA) is 74.6 Å². The average molecular weight is 395 g/mol. The van der Waals surface area contributed by atoms with Crippen molar-refractivity contribution in [3.63, 3.8) is 0 Å². The van der Waals surface area contributed by atoms with Crippen LogP contribution in [0.15, 0.2) is 47.3 Å². The van der Waals surface area contributed by atoms with Crippen LogP contribution in [0.25, 0.3) is 0 Å². The lowest BCUT2D eigenvalue weighted by Gasteiger charge is -2.32. The zero-order chi connectivity index (χ0) is 20.1. The standard InChI is InChI=1S/C19H20F3N3O3/c20-19(21,22)11-13-1-3-15(4-2-13)23-18(27)24-16-5-8-25(9-6-16)17(26)14-7-10-28-12-14/h1-4,7,10,12,16H,5-6,8-9,11H2,(H2,23,24,27). The molecule has 3 rings (SSSR count). The summed E-state index contributed by atoms with van der Waals surface area (Å²) in [6.07, 6.45) is -1.19. The van der Waals surface area contributed by atoms with Gasteiger partial charge in [0.05, 0.1) is 18.2 Å². The van der Waals surface area contributed by atoms with Gasteiger partial charge >= 0.3 is 12.2 Å². The highest BCUT2D eigenvalue weighted by Gasteiger charge is 2.27.